The molecule has 16 heavy (non-hydrogen) atoms. The molecule has 0 unspecified atom stereocenters. The molecule has 1 heterocycles. The van der Waals surface area contributed by atoms with E-state index in [9.17, 15) is 4.79 Å². The molecule has 1 aromatic heterocycles. The van der Waals surface area contributed by atoms with Crippen LogP contribution in [-0.4, -0.2) is 11.3 Å². The Morgan fingerprint density at radius 2 is 2.38 bits per heavy atom. The number of aryl methyl sites for hydroxylation is 1. The second-order valence-corrected chi connectivity index (χ2v) is 4.64. The number of carbonyl (C=O) groups is 1. The maximum absolute atomic E-state index is 10.6. The first-order valence-corrected chi connectivity index (χ1v) is 5.69. The van der Waals surface area contributed by atoms with E-state index < -0.39 is 0 Å². The van der Waals surface area contributed by atoms with Gasteiger partial charge >= 0.3 is 0 Å². The molecule has 0 amide bonds. The maximum Gasteiger partial charge on any atom is 0.150 e. The van der Waals surface area contributed by atoms with Crippen LogP contribution in [-0.2, 0) is 6.61 Å². The van der Waals surface area contributed by atoms with Crippen LogP contribution >= 0.6 is 11.3 Å². The van der Waals surface area contributed by atoms with Gasteiger partial charge in [-0.25, -0.2) is 4.98 Å². The maximum atomic E-state index is 10.6. The number of ether oxygens (including phenoxy) is 1. The van der Waals surface area contributed by atoms with Gasteiger partial charge in [-0.1, -0.05) is 12.1 Å². The first-order chi connectivity index (χ1) is 7.78. The first-order valence-electron chi connectivity index (χ1n) is 4.87. The molecule has 0 aliphatic rings. The average molecular weight is 233 g/mol. The molecule has 0 aliphatic carbocycles. The fourth-order valence-electron chi connectivity index (χ4n) is 1.30. The predicted octanol–water partition coefficient (Wildman–Crippen LogP) is 2.84. The molecule has 2 rings (SSSR count). The van der Waals surface area contributed by atoms with E-state index in [1.54, 1.807) is 29.5 Å². The van der Waals surface area contributed by atoms with Crippen LogP contribution in [0.25, 0.3) is 0 Å². The summed E-state index contributed by atoms with van der Waals surface area (Å²) in [6, 6.07) is 7.11. The molecule has 0 N–H and O–H groups in total. The summed E-state index contributed by atoms with van der Waals surface area (Å²) in [6.45, 7) is 2.45. The average Bonchev–Trinajstić information content (AvgIpc) is 2.73. The molecule has 0 radical (unpaired) electrons. The minimum atomic E-state index is 0.494. The molecule has 0 aliphatic heterocycles. The van der Waals surface area contributed by atoms with Gasteiger partial charge in [0.25, 0.3) is 0 Å². The van der Waals surface area contributed by atoms with Crippen molar-refractivity contribution in [2.45, 2.75) is 13.5 Å². The van der Waals surface area contributed by atoms with Crippen LogP contribution in [0.3, 0.4) is 0 Å². The molecule has 82 valence electrons. The first kappa shape index (κ1) is 10.8. The molecule has 3 nitrogen and oxygen atoms in total. The van der Waals surface area contributed by atoms with E-state index in [0.29, 0.717) is 17.9 Å². The van der Waals surface area contributed by atoms with E-state index in [0.717, 1.165) is 16.2 Å². The summed E-state index contributed by atoms with van der Waals surface area (Å²) in [5.74, 6) is 0.704. The van der Waals surface area contributed by atoms with Crippen molar-refractivity contribution in [2.24, 2.45) is 0 Å². The Kier molecular flexibility index (Phi) is 3.31. The summed E-state index contributed by atoms with van der Waals surface area (Å²) in [5, 5.41) is 1.03. The number of rotatable bonds is 4. The third kappa shape index (κ3) is 2.67. The van der Waals surface area contributed by atoms with Crippen LogP contribution in [0.1, 0.15) is 20.2 Å². The van der Waals surface area contributed by atoms with Gasteiger partial charge in [0, 0.05) is 11.8 Å². The van der Waals surface area contributed by atoms with E-state index in [2.05, 4.69) is 4.98 Å². The summed E-state index contributed by atoms with van der Waals surface area (Å²) < 4.78 is 5.56. The number of thiazole rings is 1. The Hall–Kier alpha value is -1.68. The Morgan fingerprint density at radius 1 is 1.50 bits per heavy atom. The monoisotopic (exact) mass is 233 g/mol. The lowest BCUT2D eigenvalue weighted by Gasteiger charge is -2.04. The highest BCUT2D eigenvalue weighted by Crippen LogP contribution is 2.17. The van der Waals surface area contributed by atoms with Gasteiger partial charge in [0.2, 0.25) is 0 Å². The van der Waals surface area contributed by atoms with Crippen molar-refractivity contribution in [2.75, 3.05) is 0 Å². The van der Waals surface area contributed by atoms with Gasteiger partial charge < -0.3 is 4.74 Å². The van der Waals surface area contributed by atoms with Gasteiger partial charge in [-0.05, 0) is 19.1 Å². The number of hydrogen-bond acceptors (Lipinski definition) is 4. The third-order valence-corrected chi connectivity index (χ3v) is 2.93. The molecule has 0 saturated carbocycles. The Balaban J connectivity index is 2.01. The number of aromatic nitrogens is 1. The van der Waals surface area contributed by atoms with Crippen molar-refractivity contribution in [3.05, 3.63) is 45.9 Å². The Labute approximate surface area is 97.7 Å². The zero-order valence-electron chi connectivity index (χ0n) is 8.84. The van der Waals surface area contributed by atoms with E-state index in [4.69, 9.17) is 4.74 Å². The number of aldehydes is 1. The van der Waals surface area contributed by atoms with Gasteiger partial charge in [0.1, 0.15) is 18.6 Å². The molecule has 0 bridgehead atoms. The highest BCUT2D eigenvalue weighted by Gasteiger charge is 2.00. The van der Waals surface area contributed by atoms with E-state index >= 15 is 0 Å². The van der Waals surface area contributed by atoms with Crippen molar-refractivity contribution in [1.82, 2.24) is 4.98 Å². The third-order valence-electron chi connectivity index (χ3n) is 2.04. The minimum absolute atomic E-state index is 0.494. The van der Waals surface area contributed by atoms with Gasteiger partial charge in [-0.3, -0.25) is 4.79 Å². The van der Waals surface area contributed by atoms with Gasteiger partial charge in [-0.15, -0.1) is 11.3 Å². The van der Waals surface area contributed by atoms with E-state index in [1.165, 1.54) is 0 Å². The summed E-state index contributed by atoms with van der Waals surface area (Å²) >= 11 is 1.61. The molecular weight excluding hydrogens is 222 g/mol. The SMILES string of the molecule is Cc1ncc(COc2cccc(C=O)c2)s1. The molecule has 0 saturated heterocycles. The summed E-state index contributed by atoms with van der Waals surface area (Å²) in [4.78, 5) is 15.8. The molecular formula is C12H11NO2S. The minimum Gasteiger partial charge on any atom is -0.488 e. The van der Waals surface area contributed by atoms with Gasteiger partial charge in [0.15, 0.2) is 0 Å². The second-order valence-electron chi connectivity index (χ2n) is 3.32. The van der Waals surface area contributed by atoms with Crippen molar-refractivity contribution in [3.63, 3.8) is 0 Å². The lowest BCUT2D eigenvalue weighted by Crippen LogP contribution is -1.93. The topological polar surface area (TPSA) is 39.2 Å². The summed E-state index contributed by atoms with van der Waals surface area (Å²) in [6.07, 6.45) is 2.62. The number of hydrogen-bond donors (Lipinski definition) is 0. The van der Waals surface area contributed by atoms with Crippen LogP contribution in [0.4, 0.5) is 0 Å². The molecule has 0 atom stereocenters. The molecule has 4 heteroatoms. The van der Waals surface area contributed by atoms with Crippen LogP contribution in [0.5, 0.6) is 5.75 Å². The smallest absolute Gasteiger partial charge is 0.150 e. The second kappa shape index (κ2) is 4.90. The molecule has 0 fully saturated rings. The van der Waals surface area contributed by atoms with Crippen molar-refractivity contribution in [3.8, 4) is 5.75 Å². The fourth-order valence-corrected chi connectivity index (χ4v) is 2.01. The lowest BCUT2D eigenvalue weighted by molar-refractivity contribution is 0.112. The largest absolute Gasteiger partial charge is 0.488 e. The molecule has 2 aromatic rings. The van der Waals surface area contributed by atoms with Crippen LogP contribution in [0.2, 0.25) is 0 Å². The lowest BCUT2D eigenvalue weighted by atomic mass is 10.2. The summed E-state index contributed by atoms with van der Waals surface area (Å²) in [5.41, 5.74) is 0.623. The number of benzene rings is 1. The van der Waals surface area contributed by atoms with Crippen molar-refractivity contribution >= 4 is 17.6 Å². The van der Waals surface area contributed by atoms with Crippen LogP contribution < -0.4 is 4.74 Å². The zero-order chi connectivity index (χ0) is 11.4. The Morgan fingerprint density at radius 3 is 3.06 bits per heavy atom. The van der Waals surface area contributed by atoms with Crippen LogP contribution in [0, 0.1) is 6.92 Å². The van der Waals surface area contributed by atoms with Gasteiger partial charge in [0.05, 0.1) is 9.88 Å². The molecule has 1 aromatic carbocycles. The van der Waals surface area contributed by atoms with E-state index in [-0.39, 0.29) is 0 Å². The zero-order valence-corrected chi connectivity index (χ0v) is 9.66. The Bertz CT molecular complexity index is 493. The van der Waals surface area contributed by atoms with Crippen molar-refractivity contribution < 1.29 is 9.53 Å². The number of carbonyl (C=O) groups excluding carboxylic acids is 1. The highest BCUT2D eigenvalue weighted by molar-refractivity contribution is 7.11. The standard InChI is InChI=1S/C12H11NO2S/c1-9-13-6-12(16-9)8-15-11-4-2-3-10(5-11)7-14/h2-7H,8H2,1H3. The number of nitrogens with zero attached hydrogens (tertiary/aromatic N) is 1. The van der Waals surface area contributed by atoms with E-state index in [1.807, 2.05) is 19.2 Å². The predicted molar refractivity (Wildman–Crippen MR) is 63.0 cm³/mol. The fraction of sp³-hybridized carbons (Fsp3) is 0.167. The quantitative estimate of drug-likeness (QED) is 0.762. The highest BCUT2D eigenvalue weighted by atomic mass is 32.1. The van der Waals surface area contributed by atoms with Gasteiger partial charge in [-0.2, -0.15) is 0 Å². The summed E-state index contributed by atoms with van der Waals surface area (Å²) in [7, 11) is 0. The normalized spacial score (nSPS) is 10.1. The van der Waals surface area contributed by atoms with Crippen molar-refractivity contribution in [1.29, 1.82) is 0 Å². The molecule has 0 spiro atoms. The van der Waals surface area contributed by atoms with Crippen LogP contribution in [0.15, 0.2) is 30.5 Å².